The van der Waals surface area contributed by atoms with Crippen LogP contribution in [0.3, 0.4) is 0 Å². The molecule has 2 rings (SSSR count). The van der Waals surface area contributed by atoms with Gasteiger partial charge in [-0.3, -0.25) is 0 Å². The SMILES string of the molecule is Nc1ccc(OCC(=O)OCCc2cccs2)cc1. The lowest BCUT2D eigenvalue weighted by Crippen LogP contribution is -2.16. The van der Waals surface area contributed by atoms with Crippen molar-refractivity contribution >= 4 is 23.0 Å². The highest BCUT2D eigenvalue weighted by atomic mass is 32.1. The summed E-state index contributed by atoms with van der Waals surface area (Å²) in [6.07, 6.45) is 0.741. The van der Waals surface area contributed by atoms with Crippen LogP contribution in [0.5, 0.6) is 5.75 Å². The van der Waals surface area contributed by atoms with Crippen LogP contribution in [-0.4, -0.2) is 19.2 Å². The molecule has 100 valence electrons. The number of nitrogens with two attached hydrogens (primary N) is 1. The van der Waals surface area contributed by atoms with Crippen molar-refractivity contribution in [2.75, 3.05) is 18.9 Å². The fourth-order valence-electron chi connectivity index (χ4n) is 1.47. The number of thiophene rings is 1. The second-order valence-electron chi connectivity index (χ2n) is 3.91. The van der Waals surface area contributed by atoms with Gasteiger partial charge in [-0.1, -0.05) is 6.07 Å². The average Bonchev–Trinajstić information content (AvgIpc) is 2.91. The van der Waals surface area contributed by atoms with E-state index in [1.165, 1.54) is 4.88 Å². The molecule has 2 N–H and O–H groups in total. The van der Waals surface area contributed by atoms with Crippen LogP contribution in [0, 0.1) is 0 Å². The fourth-order valence-corrected chi connectivity index (χ4v) is 2.16. The van der Waals surface area contributed by atoms with Gasteiger partial charge in [0.25, 0.3) is 0 Å². The number of esters is 1. The molecule has 19 heavy (non-hydrogen) atoms. The Labute approximate surface area is 115 Å². The van der Waals surface area contributed by atoms with Gasteiger partial charge in [0, 0.05) is 17.0 Å². The summed E-state index contributed by atoms with van der Waals surface area (Å²) in [4.78, 5) is 12.6. The summed E-state index contributed by atoms with van der Waals surface area (Å²) >= 11 is 1.65. The Morgan fingerprint density at radius 1 is 1.21 bits per heavy atom. The van der Waals surface area contributed by atoms with Crippen LogP contribution in [0.15, 0.2) is 41.8 Å². The van der Waals surface area contributed by atoms with Gasteiger partial charge < -0.3 is 15.2 Å². The Balaban J connectivity index is 1.65. The van der Waals surface area contributed by atoms with Crippen LogP contribution in [0.1, 0.15) is 4.88 Å². The largest absolute Gasteiger partial charge is 0.482 e. The first kappa shape index (κ1) is 13.4. The highest BCUT2D eigenvalue weighted by Gasteiger charge is 2.04. The molecule has 0 radical (unpaired) electrons. The summed E-state index contributed by atoms with van der Waals surface area (Å²) in [7, 11) is 0. The smallest absolute Gasteiger partial charge is 0.344 e. The van der Waals surface area contributed by atoms with Gasteiger partial charge in [0.1, 0.15) is 5.75 Å². The first-order valence-corrected chi connectivity index (χ1v) is 6.78. The van der Waals surface area contributed by atoms with E-state index < -0.39 is 0 Å². The van der Waals surface area contributed by atoms with Crippen molar-refractivity contribution < 1.29 is 14.3 Å². The van der Waals surface area contributed by atoms with E-state index in [2.05, 4.69) is 0 Å². The molecule has 1 heterocycles. The second kappa shape index (κ2) is 6.80. The first-order chi connectivity index (χ1) is 9.24. The van der Waals surface area contributed by atoms with Crippen molar-refractivity contribution in [2.24, 2.45) is 0 Å². The lowest BCUT2D eigenvalue weighted by molar-refractivity contribution is -0.145. The van der Waals surface area contributed by atoms with E-state index in [-0.39, 0.29) is 12.6 Å². The monoisotopic (exact) mass is 277 g/mol. The number of nitrogen functional groups attached to an aromatic ring is 1. The minimum absolute atomic E-state index is 0.0889. The Bertz CT molecular complexity index is 508. The summed E-state index contributed by atoms with van der Waals surface area (Å²) in [5.41, 5.74) is 6.21. The number of anilines is 1. The van der Waals surface area contributed by atoms with Crippen LogP contribution >= 0.6 is 11.3 Å². The van der Waals surface area contributed by atoms with E-state index in [9.17, 15) is 4.79 Å². The summed E-state index contributed by atoms with van der Waals surface area (Å²) in [6, 6.07) is 10.9. The van der Waals surface area contributed by atoms with Gasteiger partial charge in [0.15, 0.2) is 6.61 Å². The lowest BCUT2D eigenvalue weighted by Gasteiger charge is -2.06. The standard InChI is InChI=1S/C14H15NO3S/c15-11-3-5-12(6-4-11)18-10-14(16)17-8-7-13-2-1-9-19-13/h1-6,9H,7-8,10,15H2. The zero-order valence-corrected chi connectivity index (χ0v) is 11.2. The number of hydrogen-bond donors (Lipinski definition) is 1. The van der Waals surface area contributed by atoms with Gasteiger partial charge in [-0.15, -0.1) is 11.3 Å². The number of carbonyl (C=O) groups excluding carboxylic acids is 1. The summed E-state index contributed by atoms with van der Waals surface area (Å²) in [5.74, 6) is 0.234. The molecule has 0 saturated heterocycles. The van der Waals surface area contributed by atoms with Crippen molar-refractivity contribution in [3.63, 3.8) is 0 Å². The number of carbonyl (C=O) groups is 1. The van der Waals surface area contributed by atoms with Crippen LogP contribution in [-0.2, 0) is 16.0 Å². The van der Waals surface area contributed by atoms with Crippen molar-refractivity contribution in [1.82, 2.24) is 0 Å². The van der Waals surface area contributed by atoms with Crippen LogP contribution in [0.2, 0.25) is 0 Å². The van der Waals surface area contributed by atoms with Gasteiger partial charge >= 0.3 is 5.97 Å². The normalized spacial score (nSPS) is 10.1. The predicted octanol–water partition coefficient (Wildman–Crippen LogP) is 2.50. The van der Waals surface area contributed by atoms with E-state index in [1.54, 1.807) is 35.6 Å². The molecule has 5 heteroatoms. The van der Waals surface area contributed by atoms with Crippen molar-refractivity contribution in [2.45, 2.75) is 6.42 Å². The summed E-state index contributed by atoms with van der Waals surface area (Å²) in [5, 5.41) is 2.00. The third kappa shape index (κ3) is 4.63. The van der Waals surface area contributed by atoms with E-state index in [4.69, 9.17) is 15.2 Å². The maximum atomic E-state index is 11.4. The predicted molar refractivity (Wildman–Crippen MR) is 75.3 cm³/mol. The minimum Gasteiger partial charge on any atom is -0.482 e. The number of benzene rings is 1. The second-order valence-corrected chi connectivity index (χ2v) is 4.94. The Hall–Kier alpha value is -2.01. The van der Waals surface area contributed by atoms with Crippen molar-refractivity contribution in [3.05, 3.63) is 46.7 Å². The molecule has 0 aliphatic rings. The molecule has 0 aliphatic carbocycles. The van der Waals surface area contributed by atoms with Gasteiger partial charge in [-0.05, 0) is 35.7 Å². The van der Waals surface area contributed by atoms with Gasteiger partial charge in [0.2, 0.25) is 0 Å². The molecule has 0 saturated carbocycles. The molecule has 0 bridgehead atoms. The van der Waals surface area contributed by atoms with Crippen LogP contribution < -0.4 is 10.5 Å². The number of ether oxygens (including phenoxy) is 2. The molecule has 2 aromatic rings. The molecule has 0 atom stereocenters. The molecule has 0 amide bonds. The molecule has 1 aromatic carbocycles. The van der Waals surface area contributed by atoms with Crippen molar-refractivity contribution in [1.29, 1.82) is 0 Å². The molecule has 0 unspecified atom stereocenters. The van der Waals surface area contributed by atoms with Crippen LogP contribution in [0.25, 0.3) is 0 Å². The zero-order chi connectivity index (χ0) is 13.5. The third-order valence-corrected chi connectivity index (χ3v) is 3.36. The lowest BCUT2D eigenvalue weighted by atomic mass is 10.3. The molecular weight excluding hydrogens is 262 g/mol. The fraction of sp³-hybridized carbons (Fsp3) is 0.214. The van der Waals surface area contributed by atoms with Crippen molar-refractivity contribution in [3.8, 4) is 5.75 Å². The van der Waals surface area contributed by atoms with E-state index >= 15 is 0 Å². The van der Waals surface area contributed by atoms with Crippen LogP contribution in [0.4, 0.5) is 5.69 Å². The highest BCUT2D eigenvalue weighted by Crippen LogP contribution is 2.13. The van der Waals surface area contributed by atoms with Gasteiger partial charge in [-0.25, -0.2) is 4.79 Å². The third-order valence-electron chi connectivity index (χ3n) is 2.43. The summed E-state index contributed by atoms with van der Waals surface area (Å²) < 4.78 is 10.4. The maximum absolute atomic E-state index is 11.4. The zero-order valence-electron chi connectivity index (χ0n) is 10.4. The van der Waals surface area contributed by atoms with E-state index in [0.29, 0.717) is 18.0 Å². The number of rotatable bonds is 6. The average molecular weight is 277 g/mol. The topological polar surface area (TPSA) is 61.5 Å². The molecule has 0 fully saturated rings. The van der Waals surface area contributed by atoms with E-state index in [0.717, 1.165) is 6.42 Å². The Morgan fingerprint density at radius 3 is 2.68 bits per heavy atom. The minimum atomic E-state index is -0.367. The van der Waals surface area contributed by atoms with Gasteiger partial charge in [-0.2, -0.15) is 0 Å². The molecule has 0 spiro atoms. The first-order valence-electron chi connectivity index (χ1n) is 5.90. The molecule has 4 nitrogen and oxygen atoms in total. The van der Waals surface area contributed by atoms with Gasteiger partial charge in [0.05, 0.1) is 6.61 Å². The quantitative estimate of drug-likeness (QED) is 0.651. The maximum Gasteiger partial charge on any atom is 0.344 e. The Morgan fingerprint density at radius 2 is 2.00 bits per heavy atom. The summed E-state index contributed by atoms with van der Waals surface area (Å²) in [6.45, 7) is 0.290. The highest BCUT2D eigenvalue weighted by molar-refractivity contribution is 7.09. The molecule has 0 aliphatic heterocycles. The molecular formula is C14H15NO3S. The Kier molecular flexibility index (Phi) is 4.80. The van der Waals surface area contributed by atoms with E-state index in [1.807, 2.05) is 17.5 Å². The molecule has 1 aromatic heterocycles. The number of hydrogen-bond acceptors (Lipinski definition) is 5.